The van der Waals surface area contributed by atoms with Crippen LogP contribution in [-0.2, 0) is 11.2 Å². The molecule has 0 saturated carbocycles. The Labute approximate surface area is 127 Å². The molecule has 0 aliphatic carbocycles. The Hall–Kier alpha value is -1.55. The van der Waals surface area contributed by atoms with Gasteiger partial charge in [-0.25, -0.2) is 0 Å². The molecule has 4 nitrogen and oxygen atoms in total. The van der Waals surface area contributed by atoms with E-state index in [1.807, 2.05) is 50.1 Å². The van der Waals surface area contributed by atoms with Gasteiger partial charge in [-0.2, -0.15) is 0 Å². The van der Waals surface area contributed by atoms with Crippen molar-refractivity contribution in [3.8, 4) is 5.75 Å². The number of nitrogens with one attached hydrogen (secondary N) is 1. The van der Waals surface area contributed by atoms with Gasteiger partial charge in [0.2, 0.25) is 5.91 Å². The van der Waals surface area contributed by atoms with E-state index in [2.05, 4.69) is 5.32 Å². The van der Waals surface area contributed by atoms with Crippen LogP contribution in [0.15, 0.2) is 24.3 Å². The molecule has 4 heteroatoms. The molecule has 0 aromatic heterocycles. The van der Waals surface area contributed by atoms with Gasteiger partial charge in [0.05, 0.1) is 12.5 Å². The summed E-state index contributed by atoms with van der Waals surface area (Å²) in [6.45, 7) is 5.75. The summed E-state index contributed by atoms with van der Waals surface area (Å²) in [7, 11) is 1.94. The molecule has 0 spiro atoms. The fraction of sp³-hybridized carbons (Fsp3) is 0.588. The fourth-order valence-electron chi connectivity index (χ4n) is 2.90. The van der Waals surface area contributed by atoms with Crippen LogP contribution < -0.4 is 10.1 Å². The molecule has 1 aliphatic heterocycles. The van der Waals surface area contributed by atoms with Crippen LogP contribution in [0.1, 0.15) is 32.3 Å². The van der Waals surface area contributed by atoms with Crippen molar-refractivity contribution in [2.24, 2.45) is 0 Å². The Kier molecular flexibility index (Phi) is 5.62. The third kappa shape index (κ3) is 4.21. The number of hydrogen-bond donors (Lipinski definition) is 1. The quantitative estimate of drug-likeness (QED) is 0.873. The van der Waals surface area contributed by atoms with Gasteiger partial charge in [0.25, 0.3) is 0 Å². The maximum absolute atomic E-state index is 12.6. The molecule has 1 heterocycles. The van der Waals surface area contributed by atoms with Gasteiger partial charge in [-0.3, -0.25) is 4.79 Å². The van der Waals surface area contributed by atoms with E-state index in [1.165, 1.54) is 0 Å². The number of nitrogens with zero attached hydrogens (tertiary/aromatic N) is 1. The number of likely N-dealkylation sites (N-methyl/N-ethyl adjacent to an activating group) is 1. The molecule has 1 unspecified atom stereocenters. The Balaban J connectivity index is 2.05. The SMILES string of the molecule is CNCC1CCCN1C(=O)Cc1ccccc1OC(C)C. The van der Waals surface area contributed by atoms with Crippen LogP contribution in [0.2, 0.25) is 0 Å². The summed E-state index contributed by atoms with van der Waals surface area (Å²) in [6.07, 6.45) is 2.73. The van der Waals surface area contributed by atoms with E-state index in [-0.39, 0.29) is 12.0 Å². The summed E-state index contributed by atoms with van der Waals surface area (Å²) in [5.74, 6) is 1.03. The second-order valence-corrected chi connectivity index (χ2v) is 5.89. The zero-order valence-electron chi connectivity index (χ0n) is 13.3. The number of hydrogen-bond acceptors (Lipinski definition) is 3. The van der Waals surface area contributed by atoms with Crippen molar-refractivity contribution in [3.63, 3.8) is 0 Å². The van der Waals surface area contributed by atoms with Gasteiger partial charge in [-0.15, -0.1) is 0 Å². The van der Waals surface area contributed by atoms with Crippen molar-refractivity contribution < 1.29 is 9.53 Å². The largest absolute Gasteiger partial charge is 0.491 e. The van der Waals surface area contributed by atoms with E-state index >= 15 is 0 Å². The summed E-state index contributed by atoms with van der Waals surface area (Å²) in [5.41, 5.74) is 0.978. The lowest BCUT2D eigenvalue weighted by atomic mass is 10.1. The number of rotatable bonds is 6. The van der Waals surface area contributed by atoms with Gasteiger partial charge in [0.15, 0.2) is 0 Å². The Morgan fingerprint density at radius 3 is 2.90 bits per heavy atom. The standard InChI is InChI=1S/C17H26N2O2/c1-13(2)21-16-9-5-4-7-14(16)11-17(20)19-10-6-8-15(19)12-18-3/h4-5,7,9,13,15,18H,6,8,10-12H2,1-3H3. The first-order chi connectivity index (χ1) is 10.1. The van der Waals surface area contributed by atoms with Crippen LogP contribution in [0, 0.1) is 0 Å². The zero-order valence-corrected chi connectivity index (χ0v) is 13.3. The van der Waals surface area contributed by atoms with Crippen LogP contribution in [0.5, 0.6) is 5.75 Å². The first kappa shape index (κ1) is 15.8. The molecule has 1 N–H and O–H groups in total. The first-order valence-corrected chi connectivity index (χ1v) is 7.80. The van der Waals surface area contributed by atoms with Crippen LogP contribution in [0.25, 0.3) is 0 Å². The third-order valence-electron chi connectivity index (χ3n) is 3.81. The van der Waals surface area contributed by atoms with Crippen LogP contribution in [0.3, 0.4) is 0 Å². The first-order valence-electron chi connectivity index (χ1n) is 7.80. The Morgan fingerprint density at radius 2 is 2.19 bits per heavy atom. The smallest absolute Gasteiger partial charge is 0.227 e. The number of likely N-dealkylation sites (tertiary alicyclic amines) is 1. The number of ether oxygens (including phenoxy) is 1. The van der Waals surface area contributed by atoms with Crippen molar-refractivity contribution in [3.05, 3.63) is 29.8 Å². The van der Waals surface area contributed by atoms with Crippen molar-refractivity contribution >= 4 is 5.91 Å². The maximum Gasteiger partial charge on any atom is 0.227 e. The minimum atomic E-state index is 0.116. The molecule has 1 aliphatic rings. The second kappa shape index (κ2) is 7.46. The van der Waals surface area contributed by atoms with Gasteiger partial charge in [-0.1, -0.05) is 18.2 Å². The predicted octanol–water partition coefficient (Wildman–Crippen LogP) is 2.23. The molecule has 1 fully saturated rings. The topological polar surface area (TPSA) is 41.6 Å². The van der Waals surface area contributed by atoms with Crippen LogP contribution in [-0.4, -0.2) is 43.1 Å². The number of carbonyl (C=O) groups excluding carboxylic acids is 1. The summed E-state index contributed by atoms with van der Waals surface area (Å²) in [4.78, 5) is 14.6. The van der Waals surface area contributed by atoms with Gasteiger partial charge in [0, 0.05) is 24.7 Å². The number of para-hydroxylation sites is 1. The van der Waals surface area contributed by atoms with Crippen molar-refractivity contribution in [2.75, 3.05) is 20.1 Å². The molecule has 0 bridgehead atoms. The molecule has 1 aromatic carbocycles. The summed E-state index contributed by atoms with van der Waals surface area (Å²) < 4.78 is 5.80. The Bertz CT molecular complexity index is 474. The molecule has 1 atom stereocenters. The molecule has 0 radical (unpaired) electrons. The number of benzene rings is 1. The summed E-state index contributed by atoms with van der Waals surface area (Å²) >= 11 is 0. The monoisotopic (exact) mass is 290 g/mol. The van der Waals surface area contributed by atoms with E-state index in [0.717, 1.165) is 37.2 Å². The molecule has 1 saturated heterocycles. The van der Waals surface area contributed by atoms with Crippen molar-refractivity contribution in [2.45, 2.75) is 45.3 Å². The van der Waals surface area contributed by atoms with E-state index in [1.54, 1.807) is 0 Å². The number of carbonyl (C=O) groups is 1. The maximum atomic E-state index is 12.6. The third-order valence-corrected chi connectivity index (χ3v) is 3.81. The van der Waals surface area contributed by atoms with Crippen molar-refractivity contribution in [1.82, 2.24) is 10.2 Å². The highest BCUT2D eigenvalue weighted by molar-refractivity contribution is 5.80. The van der Waals surface area contributed by atoms with E-state index < -0.39 is 0 Å². The number of amides is 1. The molecular formula is C17H26N2O2. The highest BCUT2D eigenvalue weighted by atomic mass is 16.5. The average Bonchev–Trinajstić information content (AvgIpc) is 2.89. The lowest BCUT2D eigenvalue weighted by Crippen LogP contribution is -2.41. The normalized spacial score (nSPS) is 18.3. The molecule has 21 heavy (non-hydrogen) atoms. The minimum Gasteiger partial charge on any atom is -0.491 e. The molecule has 116 valence electrons. The Morgan fingerprint density at radius 1 is 1.43 bits per heavy atom. The predicted molar refractivity (Wildman–Crippen MR) is 84.6 cm³/mol. The van der Waals surface area contributed by atoms with Crippen molar-refractivity contribution in [1.29, 1.82) is 0 Å². The lowest BCUT2D eigenvalue weighted by molar-refractivity contribution is -0.131. The molecule has 1 aromatic rings. The summed E-state index contributed by atoms with van der Waals surface area (Å²) in [5, 5.41) is 3.18. The fourth-order valence-corrected chi connectivity index (χ4v) is 2.90. The highest BCUT2D eigenvalue weighted by Crippen LogP contribution is 2.23. The van der Waals surface area contributed by atoms with E-state index in [9.17, 15) is 4.79 Å². The van der Waals surface area contributed by atoms with Crippen LogP contribution in [0.4, 0.5) is 0 Å². The zero-order chi connectivity index (χ0) is 15.2. The minimum absolute atomic E-state index is 0.116. The molecule has 2 rings (SSSR count). The van der Waals surface area contributed by atoms with E-state index in [0.29, 0.717) is 12.5 Å². The van der Waals surface area contributed by atoms with E-state index in [4.69, 9.17) is 4.74 Å². The molecule has 1 amide bonds. The molecular weight excluding hydrogens is 264 g/mol. The summed E-state index contributed by atoms with van der Waals surface area (Å²) in [6, 6.07) is 8.17. The highest BCUT2D eigenvalue weighted by Gasteiger charge is 2.28. The van der Waals surface area contributed by atoms with Gasteiger partial charge < -0.3 is 15.0 Å². The van der Waals surface area contributed by atoms with Gasteiger partial charge >= 0.3 is 0 Å². The second-order valence-electron chi connectivity index (χ2n) is 5.89. The van der Waals surface area contributed by atoms with Gasteiger partial charge in [0.1, 0.15) is 5.75 Å². The average molecular weight is 290 g/mol. The van der Waals surface area contributed by atoms with Crippen LogP contribution >= 0.6 is 0 Å². The van der Waals surface area contributed by atoms with Gasteiger partial charge in [-0.05, 0) is 39.8 Å². The lowest BCUT2D eigenvalue weighted by Gasteiger charge is -2.25.